The van der Waals surface area contributed by atoms with E-state index in [9.17, 15) is 8.76 Å². The molecule has 0 rings (SSSR count). The molecule has 0 aromatic rings. The van der Waals surface area contributed by atoms with Crippen molar-refractivity contribution < 1.29 is 12.9 Å². The van der Waals surface area contributed by atoms with Crippen molar-refractivity contribution in [1.29, 1.82) is 0 Å². The maximum atomic E-state index is 9.98. The van der Waals surface area contributed by atoms with Crippen LogP contribution in [0.2, 0.25) is 0 Å². The van der Waals surface area contributed by atoms with Gasteiger partial charge in [0.25, 0.3) is 0 Å². The monoisotopic (exact) mass is 166 g/mol. The molecule has 2 unspecified atom stereocenters. The first-order valence-corrected chi connectivity index (χ1v) is 3.89. The number of hydrogen-bond donors (Lipinski definition) is 1. The third kappa shape index (κ3) is 3.94. The molecule has 0 radical (unpaired) electrons. The van der Waals surface area contributed by atoms with E-state index in [0.29, 0.717) is 0 Å². The first-order chi connectivity index (χ1) is 4.34. The first kappa shape index (κ1) is 10.0. The second-order valence-electron chi connectivity index (χ2n) is 2.76. The van der Waals surface area contributed by atoms with E-state index in [2.05, 4.69) is 4.18 Å². The normalized spacial score (nSPS) is 18.5. The Morgan fingerprint density at radius 2 is 2.10 bits per heavy atom. The van der Waals surface area contributed by atoms with Gasteiger partial charge in [0.2, 0.25) is 0 Å². The molecular formula is C5H12NO3S-. The third-order valence-corrected chi connectivity index (χ3v) is 1.72. The van der Waals surface area contributed by atoms with Gasteiger partial charge in [-0.3, -0.25) is 4.18 Å². The lowest BCUT2D eigenvalue weighted by Crippen LogP contribution is -2.45. The molecule has 0 aliphatic carbocycles. The van der Waals surface area contributed by atoms with Gasteiger partial charge >= 0.3 is 0 Å². The van der Waals surface area contributed by atoms with Gasteiger partial charge in [0.15, 0.2) is 0 Å². The van der Waals surface area contributed by atoms with Crippen LogP contribution in [0.4, 0.5) is 0 Å². The molecule has 0 aliphatic heterocycles. The smallest absolute Gasteiger partial charge is 0.0882 e. The predicted octanol–water partition coefficient (Wildman–Crippen LogP) is -0.0771. The van der Waals surface area contributed by atoms with Gasteiger partial charge in [-0.2, -0.15) is 0 Å². The van der Waals surface area contributed by atoms with Crippen molar-refractivity contribution in [3.05, 3.63) is 0 Å². The summed E-state index contributed by atoms with van der Waals surface area (Å²) in [6.07, 6.45) is -0.495. The van der Waals surface area contributed by atoms with Crippen LogP contribution in [0.1, 0.15) is 20.8 Å². The van der Waals surface area contributed by atoms with Gasteiger partial charge in [-0.05, 0) is 20.8 Å². The maximum absolute atomic E-state index is 9.98. The van der Waals surface area contributed by atoms with Gasteiger partial charge in [-0.25, -0.2) is 4.21 Å². The van der Waals surface area contributed by atoms with Crippen LogP contribution in [-0.2, 0) is 15.5 Å². The van der Waals surface area contributed by atoms with E-state index in [1.807, 2.05) is 0 Å². The van der Waals surface area contributed by atoms with Crippen LogP contribution < -0.4 is 5.73 Å². The molecule has 0 amide bonds. The number of nitrogens with two attached hydrogens (primary N) is 1. The van der Waals surface area contributed by atoms with Gasteiger partial charge in [-0.15, -0.1) is 0 Å². The lowest BCUT2D eigenvalue weighted by molar-refractivity contribution is 0.148. The highest BCUT2D eigenvalue weighted by Crippen LogP contribution is 2.08. The Bertz CT molecular complexity index is 131. The summed E-state index contributed by atoms with van der Waals surface area (Å²) in [4.78, 5) is 0. The van der Waals surface area contributed by atoms with Gasteiger partial charge in [0, 0.05) is 5.54 Å². The van der Waals surface area contributed by atoms with Crippen molar-refractivity contribution >= 4 is 11.4 Å². The minimum absolute atomic E-state index is 0.495. The van der Waals surface area contributed by atoms with Crippen LogP contribution in [0.25, 0.3) is 0 Å². The SMILES string of the molecule is CC(OS(=O)[O-])C(C)(C)N. The lowest BCUT2D eigenvalue weighted by Gasteiger charge is -2.27. The lowest BCUT2D eigenvalue weighted by atomic mass is 10.0. The maximum Gasteiger partial charge on any atom is 0.0882 e. The predicted molar refractivity (Wildman–Crippen MR) is 37.7 cm³/mol. The van der Waals surface area contributed by atoms with Gasteiger partial charge in [-0.1, -0.05) is 0 Å². The molecule has 0 fully saturated rings. The summed E-state index contributed by atoms with van der Waals surface area (Å²) >= 11 is -2.47. The van der Waals surface area contributed by atoms with Crippen molar-refractivity contribution in [2.45, 2.75) is 32.4 Å². The highest BCUT2D eigenvalue weighted by molar-refractivity contribution is 7.74. The third-order valence-electron chi connectivity index (χ3n) is 1.27. The summed E-state index contributed by atoms with van der Waals surface area (Å²) < 4.78 is 24.4. The molecule has 0 heterocycles. The van der Waals surface area contributed by atoms with E-state index in [1.165, 1.54) is 0 Å². The molecule has 0 spiro atoms. The van der Waals surface area contributed by atoms with Crippen LogP contribution in [0.15, 0.2) is 0 Å². The fourth-order valence-electron chi connectivity index (χ4n) is 0.242. The summed E-state index contributed by atoms with van der Waals surface area (Å²) in [5, 5.41) is 0. The summed E-state index contributed by atoms with van der Waals surface area (Å²) in [5.74, 6) is 0. The zero-order valence-corrected chi connectivity index (χ0v) is 7.10. The molecule has 0 aromatic heterocycles. The Labute approximate surface area is 63.2 Å². The molecule has 0 bridgehead atoms. The Morgan fingerprint density at radius 3 is 2.20 bits per heavy atom. The topological polar surface area (TPSA) is 75.4 Å². The van der Waals surface area contributed by atoms with E-state index in [1.54, 1.807) is 20.8 Å². The van der Waals surface area contributed by atoms with Crippen LogP contribution in [0.3, 0.4) is 0 Å². The summed E-state index contributed by atoms with van der Waals surface area (Å²) in [6, 6.07) is 0. The minimum atomic E-state index is -2.47. The number of rotatable bonds is 3. The van der Waals surface area contributed by atoms with Gasteiger partial charge in [0.1, 0.15) is 0 Å². The summed E-state index contributed by atoms with van der Waals surface area (Å²) in [6.45, 7) is 5.00. The van der Waals surface area contributed by atoms with Crippen LogP contribution in [-0.4, -0.2) is 20.4 Å². The quantitative estimate of drug-likeness (QED) is 0.595. The summed E-state index contributed by atoms with van der Waals surface area (Å²) in [7, 11) is 0. The largest absolute Gasteiger partial charge is 0.750 e. The standard InChI is InChI=1S/C5H13NO3S/c1-4(5(2,3)6)9-10(7)8/h4H,6H2,1-3H3,(H,7,8)/p-1. The molecule has 10 heavy (non-hydrogen) atoms. The first-order valence-electron chi connectivity index (χ1n) is 2.89. The Hall–Kier alpha value is 0.0300. The molecule has 0 aliphatic rings. The van der Waals surface area contributed by atoms with E-state index < -0.39 is 23.0 Å². The molecule has 2 atom stereocenters. The van der Waals surface area contributed by atoms with Crippen molar-refractivity contribution in [3.8, 4) is 0 Å². The van der Waals surface area contributed by atoms with E-state index in [4.69, 9.17) is 5.73 Å². The van der Waals surface area contributed by atoms with Crippen LogP contribution >= 0.6 is 0 Å². The molecule has 0 saturated heterocycles. The summed E-state index contributed by atoms with van der Waals surface area (Å²) in [5.41, 5.74) is 4.90. The molecule has 2 N–H and O–H groups in total. The van der Waals surface area contributed by atoms with E-state index >= 15 is 0 Å². The van der Waals surface area contributed by atoms with E-state index in [0.717, 1.165) is 0 Å². The molecule has 62 valence electrons. The van der Waals surface area contributed by atoms with Crippen LogP contribution in [0, 0.1) is 0 Å². The fraction of sp³-hybridized carbons (Fsp3) is 1.00. The highest BCUT2D eigenvalue weighted by Gasteiger charge is 2.21. The average molecular weight is 166 g/mol. The molecular weight excluding hydrogens is 154 g/mol. The van der Waals surface area contributed by atoms with Crippen molar-refractivity contribution in [2.75, 3.05) is 0 Å². The molecule has 0 saturated carbocycles. The van der Waals surface area contributed by atoms with Gasteiger partial charge < -0.3 is 10.3 Å². The van der Waals surface area contributed by atoms with Crippen molar-refractivity contribution in [2.24, 2.45) is 5.73 Å². The van der Waals surface area contributed by atoms with Crippen molar-refractivity contribution in [3.63, 3.8) is 0 Å². The van der Waals surface area contributed by atoms with E-state index in [-0.39, 0.29) is 0 Å². The Kier molecular flexibility index (Phi) is 3.44. The Balaban J connectivity index is 3.85. The molecule has 0 aromatic carbocycles. The highest BCUT2D eigenvalue weighted by atomic mass is 32.2. The molecule has 4 nitrogen and oxygen atoms in total. The number of hydrogen-bond acceptors (Lipinski definition) is 4. The minimum Gasteiger partial charge on any atom is -0.750 e. The second kappa shape index (κ2) is 3.43. The van der Waals surface area contributed by atoms with Crippen LogP contribution in [0.5, 0.6) is 0 Å². The second-order valence-corrected chi connectivity index (χ2v) is 3.36. The van der Waals surface area contributed by atoms with Crippen molar-refractivity contribution in [1.82, 2.24) is 0 Å². The van der Waals surface area contributed by atoms with Gasteiger partial charge in [0.05, 0.1) is 17.5 Å². The fourth-order valence-corrected chi connectivity index (χ4v) is 0.726. The zero-order chi connectivity index (χ0) is 8.36. The average Bonchev–Trinajstić information content (AvgIpc) is 1.60. The Morgan fingerprint density at radius 1 is 1.70 bits per heavy atom. The molecule has 5 heteroatoms. The zero-order valence-electron chi connectivity index (χ0n) is 6.29.